The number of nitrogens with two attached hydrogens (primary N) is 1. The first-order valence-corrected chi connectivity index (χ1v) is 8.75. The molecular formula is C13H18BrNO3S. The average molecular weight is 348 g/mol. The molecule has 2 rings (SSSR count). The molecule has 1 saturated heterocycles. The maximum Gasteiger partial charge on any atom is 0.150 e. The molecular weight excluding hydrogens is 330 g/mol. The summed E-state index contributed by atoms with van der Waals surface area (Å²) in [4.78, 5) is 0. The molecule has 0 spiro atoms. The molecule has 6 heteroatoms. The molecule has 106 valence electrons. The molecule has 0 amide bonds. The maximum absolute atomic E-state index is 11.6. The van der Waals surface area contributed by atoms with E-state index >= 15 is 0 Å². The van der Waals surface area contributed by atoms with E-state index in [1.807, 2.05) is 19.1 Å². The lowest BCUT2D eigenvalue weighted by Gasteiger charge is -2.21. The van der Waals surface area contributed by atoms with Crippen molar-refractivity contribution in [2.45, 2.75) is 19.4 Å². The number of rotatable bonds is 3. The first kappa shape index (κ1) is 14.8. The number of hydrogen-bond donors (Lipinski definition) is 1. The van der Waals surface area contributed by atoms with E-state index < -0.39 is 9.84 Å². The minimum Gasteiger partial charge on any atom is -0.496 e. The van der Waals surface area contributed by atoms with Crippen molar-refractivity contribution in [1.29, 1.82) is 0 Å². The second-order valence-electron chi connectivity index (χ2n) is 5.03. The topological polar surface area (TPSA) is 69.4 Å². The highest BCUT2D eigenvalue weighted by Gasteiger charge is 2.33. The minimum atomic E-state index is -2.92. The summed E-state index contributed by atoms with van der Waals surface area (Å²) in [6.07, 6.45) is 0.623. The monoisotopic (exact) mass is 347 g/mol. The summed E-state index contributed by atoms with van der Waals surface area (Å²) in [7, 11) is -1.32. The molecule has 1 aromatic carbocycles. The molecule has 1 aliphatic heterocycles. The number of sulfone groups is 1. The molecule has 1 heterocycles. The molecule has 19 heavy (non-hydrogen) atoms. The minimum absolute atomic E-state index is 0.0338. The van der Waals surface area contributed by atoms with Crippen molar-refractivity contribution in [3.05, 3.63) is 27.7 Å². The molecule has 0 radical (unpaired) electrons. The van der Waals surface area contributed by atoms with Crippen molar-refractivity contribution in [3.63, 3.8) is 0 Å². The van der Waals surface area contributed by atoms with E-state index in [-0.39, 0.29) is 23.5 Å². The number of ether oxygens (including phenoxy) is 1. The summed E-state index contributed by atoms with van der Waals surface area (Å²) >= 11 is 3.48. The van der Waals surface area contributed by atoms with Crippen LogP contribution < -0.4 is 10.5 Å². The third-order valence-electron chi connectivity index (χ3n) is 3.65. The van der Waals surface area contributed by atoms with Crippen LogP contribution in [0, 0.1) is 12.8 Å². The van der Waals surface area contributed by atoms with Crippen molar-refractivity contribution in [3.8, 4) is 5.75 Å². The lowest BCUT2D eigenvalue weighted by molar-refractivity contribution is 0.392. The molecule has 0 bridgehead atoms. The van der Waals surface area contributed by atoms with Crippen molar-refractivity contribution >= 4 is 25.8 Å². The third-order valence-corrected chi connectivity index (χ3v) is 6.29. The van der Waals surface area contributed by atoms with E-state index in [1.54, 1.807) is 7.11 Å². The average Bonchev–Trinajstić information content (AvgIpc) is 2.71. The zero-order chi connectivity index (χ0) is 14.2. The van der Waals surface area contributed by atoms with Crippen molar-refractivity contribution in [2.75, 3.05) is 18.6 Å². The van der Waals surface area contributed by atoms with Crippen LogP contribution >= 0.6 is 15.9 Å². The Morgan fingerprint density at radius 1 is 1.47 bits per heavy atom. The van der Waals surface area contributed by atoms with Crippen molar-refractivity contribution < 1.29 is 13.2 Å². The summed E-state index contributed by atoms with van der Waals surface area (Å²) < 4.78 is 29.4. The van der Waals surface area contributed by atoms with Crippen LogP contribution in [-0.4, -0.2) is 27.0 Å². The summed E-state index contributed by atoms with van der Waals surface area (Å²) in [5.41, 5.74) is 8.18. The van der Waals surface area contributed by atoms with E-state index in [2.05, 4.69) is 15.9 Å². The van der Waals surface area contributed by atoms with Gasteiger partial charge in [0.05, 0.1) is 18.6 Å². The zero-order valence-electron chi connectivity index (χ0n) is 11.0. The summed E-state index contributed by atoms with van der Waals surface area (Å²) in [6.45, 7) is 1.97. The number of aryl methyl sites for hydroxylation is 1. The van der Waals surface area contributed by atoms with Crippen LogP contribution in [0.15, 0.2) is 16.6 Å². The lowest BCUT2D eigenvalue weighted by atomic mass is 9.92. The largest absolute Gasteiger partial charge is 0.496 e. The Kier molecular flexibility index (Phi) is 4.23. The van der Waals surface area contributed by atoms with Gasteiger partial charge in [-0.3, -0.25) is 0 Å². The Morgan fingerprint density at radius 3 is 2.68 bits per heavy atom. The highest BCUT2D eigenvalue weighted by Crippen LogP contribution is 2.36. The van der Waals surface area contributed by atoms with E-state index in [4.69, 9.17) is 10.5 Å². The van der Waals surface area contributed by atoms with E-state index in [1.165, 1.54) is 0 Å². The molecule has 1 aliphatic rings. The van der Waals surface area contributed by atoms with Gasteiger partial charge in [0.2, 0.25) is 0 Å². The van der Waals surface area contributed by atoms with Gasteiger partial charge in [-0.1, -0.05) is 15.9 Å². The van der Waals surface area contributed by atoms with Gasteiger partial charge in [-0.05, 0) is 37.0 Å². The number of methoxy groups -OCH3 is 1. The first-order chi connectivity index (χ1) is 8.84. The molecule has 2 atom stereocenters. The number of halogens is 1. The van der Waals surface area contributed by atoms with Gasteiger partial charge < -0.3 is 10.5 Å². The van der Waals surface area contributed by atoms with Crippen LogP contribution in [0.5, 0.6) is 5.75 Å². The van der Waals surface area contributed by atoms with Crippen LogP contribution in [0.1, 0.15) is 23.6 Å². The third kappa shape index (κ3) is 3.12. The van der Waals surface area contributed by atoms with Gasteiger partial charge in [-0.15, -0.1) is 0 Å². The lowest BCUT2D eigenvalue weighted by Crippen LogP contribution is -2.23. The van der Waals surface area contributed by atoms with E-state index in [9.17, 15) is 8.42 Å². The second-order valence-corrected chi connectivity index (χ2v) is 8.12. The van der Waals surface area contributed by atoms with Gasteiger partial charge >= 0.3 is 0 Å². The van der Waals surface area contributed by atoms with Gasteiger partial charge in [0.15, 0.2) is 9.84 Å². The summed E-state index contributed by atoms with van der Waals surface area (Å²) in [6, 6.07) is 3.54. The van der Waals surface area contributed by atoms with Gasteiger partial charge in [0.25, 0.3) is 0 Å². The molecule has 2 N–H and O–H groups in total. The summed E-state index contributed by atoms with van der Waals surface area (Å²) in [5, 5.41) is 0. The molecule has 0 aliphatic carbocycles. The van der Waals surface area contributed by atoms with Crippen LogP contribution in [0.4, 0.5) is 0 Å². The van der Waals surface area contributed by atoms with Crippen molar-refractivity contribution in [1.82, 2.24) is 0 Å². The molecule has 1 aromatic rings. The van der Waals surface area contributed by atoms with Crippen LogP contribution in [0.3, 0.4) is 0 Å². The van der Waals surface area contributed by atoms with Gasteiger partial charge in [0.1, 0.15) is 5.75 Å². The molecule has 4 nitrogen and oxygen atoms in total. The standard InChI is InChI=1S/C13H18BrNO3S/c1-8-5-12(18-2)10(6-11(8)14)13(15)9-3-4-19(16,17)7-9/h5-6,9,13H,3-4,7,15H2,1-2H3. The first-order valence-electron chi connectivity index (χ1n) is 6.14. The Hall–Kier alpha value is -0.590. The van der Waals surface area contributed by atoms with E-state index in [0.717, 1.165) is 21.3 Å². The second kappa shape index (κ2) is 5.42. The molecule has 2 unspecified atom stereocenters. The fourth-order valence-corrected chi connectivity index (χ4v) is 4.68. The molecule has 0 saturated carbocycles. The Morgan fingerprint density at radius 2 is 2.16 bits per heavy atom. The molecule has 1 fully saturated rings. The van der Waals surface area contributed by atoms with Gasteiger partial charge in [-0.2, -0.15) is 0 Å². The summed E-state index contributed by atoms with van der Waals surface area (Å²) in [5.74, 6) is 1.09. The number of hydrogen-bond acceptors (Lipinski definition) is 4. The van der Waals surface area contributed by atoms with Crippen LogP contribution in [-0.2, 0) is 9.84 Å². The highest BCUT2D eigenvalue weighted by atomic mass is 79.9. The van der Waals surface area contributed by atoms with E-state index in [0.29, 0.717) is 6.42 Å². The Labute approximate surface area is 122 Å². The SMILES string of the molecule is COc1cc(C)c(Br)cc1C(N)C1CCS(=O)(=O)C1. The van der Waals surface area contributed by atoms with Crippen molar-refractivity contribution in [2.24, 2.45) is 11.7 Å². The zero-order valence-corrected chi connectivity index (χ0v) is 13.4. The van der Waals surface area contributed by atoms with Gasteiger partial charge in [-0.25, -0.2) is 8.42 Å². The maximum atomic E-state index is 11.6. The normalized spacial score (nSPS) is 23.3. The Balaban J connectivity index is 2.33. The van der Waals surface area contributed by atoms with Crippen LogP contribution in [0.25, 0.3) is 0 Å². The molecule has 0 aromatic heterocycles. The predicted octanol–water partition coefficient (Wildman–Crippen LogP) is 2.20. The quantitative estimate of drug-likeness (QED) is 0.909. The smallest absolute Gasteiger partial charge is 0.150 e. The Bertz CT molecular complexity index is 586. The fraction of sp³-hybridized carbons (Fsp3) is 0.538. The van der Waals surface area contributed by atoms with Crippen LogP contribution in [0.2, 0.25) is 0 Å². The predicted molar refractivity (Wildman–Crippen MR) is 79.1 cm³/mol. The highest BCUT2D eigenvalue weighted by molar-refractivity contribution is 9.10. The van der Waals surface area contributed by atoms with Gasteiger partial charge in [0, 0.05) is 16.1 Å². The fourth-order valence-electron chi connectivity index (χ4n) is 2.47. The number of benzene rings is 1.